The molecule has 0 aliphatic carbocycles. The number of nitrogens with zero attached hydrogens (tertiary/aromatic N) is 2. The van der Waals surface area contributed by atoms with Gasteiger partial charge in [-0.05, 0) is 57.7 Å². The molecule has 7 aromatic rings. The SMILES string of the molecule is C[Si](C)(C)c1ccc(-c2[c-]cccc2)nc1.[2H]C([2H])(c1ccnc(-c2[c-]ccc3c2oc2ccc(-c4ccccc4)cc23)c1)C(C)(C)C.[Ir]. The average molecular weight is 811 g/mol. The number of benzene rings is 4. The first kappa shape index (κ1) is 31.4. The van der Waals surface area contributed by atoms with Crippen LogP contribution in [0.25, 0.3) is 55.6 Å². The van der Waals surface area contributed by atoms with E-state index in [2.05, 4.69) is 78.1 Å². The van der Waals surface area contributed by atoms with Gasteiger partial charge in [0.1, 0.15) is 5.58 Å². The van der Waals surface area contributed by atoms with Crippen molar-refractivity contribution in [2.24, 2.45) is 5.41 Å². The van der Waals surface area contributed by atoms with E-state index in [1.807, 2.05) is 93.7 Å². The van der Waals surface area contributed by atoms with Gasteiger partial charge in [0.05, 0.1) is 13.7 Å². The summed E-state index contributed by atoms with van der Waals surface area (Å²) < 4.78 is 23.5. The second kappa shape index (κ2) is 14.3. The van der Waals surface area contributed by atoms with Gasteiger partial charge in [-0.25, -0.2) is 0 Å². The Labute approximate surface area is 296 Å². The molecule has 0 amide bonds. The van der Waals surface area contributed by atoms with Crippen molar-refractivity contribution in [1.29, 1.82) is 0 Å². The molecule has 0 unspecified atom stereocenters. The van der Waals surface area contributed by atoms with Crippen molar-refractivity contribution in [3.8, 4) is 33.6 Å². The third-order valence-corrected chi connectivity index (χ3v) is 9.72. The minimum Gasteiger partial charge on any atom is -0.501 e. The van der Waals surface area contributed by atoms with Gasteiger partial charge in [-0.1, -0.05) is 112 Å². The first-order chi connectivity index (χ1) is 22.8. The van der Waals surface area contributed by atoms with Crippen LogP contribution >= 0.6 is 0 Å². The van der Waals surface area contributed by atoms with Crippen LogP contribution in [-0.4, -0.2) is 18.0 Å². The van der Waals surface area contributed by atoms with Gasteiger partial charge in [0.2, 0.25) is 0 Å². The normalized spacial score (nSPS) is 12.5. The van der Waals surface area contributed by atoms with E-state index in [9.17, 15) is 0 Å². The largest absolute Gasteiger partial charge is 0.501 e. The van der Waals surface area contributed by atoms with Crippen LogP contribution in [0.1, 0.15) is 29.1 Å². The molecular weight excluding hydrogens is 769 g/mol. The molecule has 0 spiro atoms. The minimum absolute atomic E-state index is 0. The Kier molecular flexibility index (Phi) is 9.58. The Morgan fingerprint density at radius 3 is 2.21 bits per heavy atom. The molecule has 1 radical (unpaired) electrons. The van der Waals surface area contributed by atoms with Crippen LogP contribution in [0, 0.1) is 17.5 Å². The summed E-state index contributed by atoms with van der Waals surface area (Å²) in [7, 11) is -1.23. The third-order valence-electron chi connectivity index (χ3n) is 7.69. The molecule has 0 saturated carbocycles. The predicted molar refractivity (Wildman–Crippen MR) is 196 cm³/mol. The van der Waals surface area contributed by atoms with E-state index in [-0.39, 0.29) is 20.1 Å². The van der Waals surface area contributed by atoms with Crippen molar-refractivity contribution in [3.63, 3.8) is 0 Å². The Hall–Kier alpha value is -4.15. The molecule has 0 N–H and O–H groups in total. The summed E-state index contributed by atoms with van der Waals surface area (Å²) >= 11 is 0. The predicted octanol–water partition coefficient (Wildman–Crippen LogP) is 10.8. The maximum atomic E-state index is 8.64. The smallest absolute Gasteiger partial charge is 0.120 e. The summed E-state index contributed by atoms with van der Waals surface area (Å²) in [5.74, 6) is 0. The molecule has 0 atom stereocenters. The van der Waals surface area contributed by atoms with Gasteiger partial charge < -0.3 is 14.4 Å². The van der Waals surface area contributed by atoms with Crippen molar-refractivity contribution in [2.75, 3.05) is 0 Å². The molecule has 3 aromatic heterocycles. The maximum Gasteiger partial charge on any atom is 0.120 e. The molecule has 0 bridgehead atoms. The van der Waals surface area contributed by atoms with E-state index in [1.54, 1.807) is 12.3 Å². The third kappa shape index (κ3) is 8.23. The zero-order valence-corrected chi connectivity index (χ0v) is 31.1. The van der Waals surface area contributed by atoms with Crippen LogP contribution in [0.5, 0.6) is 0 Å². The van der Waals surface area contributed by atoms with Crippen LogP contribution in [-0.2, 0) is 26.5 Å². The standard InChI is InChI=1S/C28H24NO.C14H16NSi.Ir/c1-28(2,3)18-19-14-15-29-25(16-19)23-11-7-10-22-24-17-21(20-8-5-4-6-9-20)12-13-26(24)30-27(22)23;1-16(2,3)13-9-10-14(15-11-13)12-7-5-4-6-8-12;/h4-10,12-17H,18H2,1-3H3;4-7,9-11H,1-3H3;/q2*-1;/i18D2;;. The van der Waals surface area contributed by atoms with Gasteiger partial charge in [-0.2, -0.15) is 0 Å². The zero-order valence-electron chi connectivity index (χ0n) is 29.7. The van der Waals surface area contributed by atoms with Crippen LogP contribution in [0.2, 0.25) is 19.6 Å². The van der Waals surface area contributed by atoms with Crippen LogP contribution in [0.15, 0.2) is 126 Å². The maximum absolute atomic E-state index is 8.64. The number of pyridine rings is 2. The summed E-state index contributed by atoms with van der Waals surface area (Å²) in [5.41, 5.74) is 7.33. The first-order valence-corrected chi connectivity index (χ1v) is 19.2. The summed E-state index contributed by atoms with van der Waals surface area (Å²) in [6.45, 7) is 12.7. The minimum atomic E-state index is -1.50. The first-order valence-electron chi connectivity index (χ1n) is 16.7. The summed E-state index contributed by atoms with van der Waals surface area (Å²) in [6, 6.07) is 42.7. The van der Waals surface area contributed by atoms with Gasteiger partial charge in [0.15, 0.2) is 0 Å². The van der Waals surface area contributed by atoms with Crippen molar-refractivity contribution >= 4 is 35.2 Å². The fraction of sp³-hybridized carbons (Fsp3) is 0.190. The second-order valence-corrected chi connectivity index (χ2v) is 18.6. The molecule has 7 rings (SSSR count). The number of rotatable bonds is 5. The molecule has 0 aliphatic heterocycles. The van der Waals surface area contributed by atoms with E-state index in [0.29, 0.717) is 16.8 Å². The average Bonchev–Trinajstić information content (AvgIpc) is 3.47. The quantitative estimate of drug-likeness (QED) is 0.128. The van der Waals surface area contributed by atoms with E-state index in [0.717, 1.165) is 44.3 Å². The van der Waals surface area contributed by atoms with Gasteiger partial charge in [-0.15, -0.1) is 54.1 Å². The number of furan rings is 1. The van der Waals surface area contributed by atoms with Gasteiger partial charge in [0, 0.05) is 40.6 Å². The summed E-state index contributed by atoms with van der Waals surface area (Å²) in [5, 5.41) is 3.43. The van der Waals surface area contributed by atoms with Crippen LogP contribution in [0.4, 0.5) is 0 Å². The van der Waals surface area contributed by atoms with Gasteiger partial charge in [0.25, 0.3) is 0 Å². The Morgan fingerprint density at radius 1 is 0.745 bits per heavy atom. The van der Waals surface area contributed by atoms with E-state index in [4.69, 9.17) is 7.16 Å². The zero-order chi connectivity index (χ0) is 34.1. The molecule has 3 heterocycles. The van der Waals surface area contributed by atoms with Crippen molar-refractivity contribution < 1.29 is 27.3 Å². The number of fused-ring (bicyclic) bond motifs is 3. The van der Waals surface area contributed by atoms with Crippen molar-refractivity contribution in [3.05, 3.63) is 139 Å². The van der Waals surface area contributed by atoms with Crippen LogP contribution < -0.4 is 5.19 Å². The van der Waals surface area contributed by atoms with Gasteiger partial charge >= 0.3 is 0 Å². The number of aromatic nitrogens is 2. The Morgan fingerprint density at radius 2 is 1.53 bits per heavy atom. The molecular formula is C42H40IrN2OSi-2. The fourth-order valence-corrected chi connectivity index (χ4v) is 6.40. The number of hydrogen-bond acceptors (Lipinski definition) is 3. The van der Waals surface area contributed by atoms with E-state index in [1.165, 1.54) is 5.19 Å². The van der Waals surface area contributed by atoms with Crippen LogP contribution in [0.3, 0.4) is 0 Å². The van der Waals surface area contributed by atoms with E-state index < -0.39 is 19.9 Å². The number of hydrogen-bond donors (Lipinski definition) is 0. The Balaban J connectivity index is 0.000000233. The molecule has 5 heteroatoms. The molecule has 0 saturated heterocycles. The summed E-state index contributed by atoms with van der Waals surface area (Å²) in [4.78, 5) is 9.05. The topological polar surface area (TPSA) is 38.9 Å². The van der Waals surface area contributed by atoms with Gasteiger partial charge in [-0.3, -0.25) is 0 Å². The molecule has 0 aliphatic rings. The fourth-order valence-electron chi connectivity index (χ4n) is 5.37. The molecule has 3 nitrogen and oxygen atoms in total. The second-order valence-electron chi connectivity index (χ2n) is 13.5. The molecule has 239 valence electrons. The molecule has 0 fully saturated rings. The van der Waals surface area contributed by atoms with Crippen molar-refractivity contribution in [2.45, 2.75) is 46.8 Å². The van der Waals surface area contributed by atoms with E-state index >= 15 is 0 Å². The summed E-state index contributed by atoms with van der Waals surface area (Å²) in [6.07, 6.45) is 2.18. The molecule has 4 aromatic carbocycles. The Bertz CT molecular complexity index is 2170. The molecule has 47 heavy (non-hydrogen) atoms. The monoisotopic (exact) mass is 811 g/mol. The van der Waals surface area contributed by atoms with Crippen molar-refractivity contribution in [1.82, 2.24) is 9.97 Å².